The van der Waals surface area contributed by atoms with E-state index in [2.05, 4.69) is 0 Å². The van der Waals surface area contributed by atoms with Gasteiger partial charge in [0.05, 0.1) is 22.8 Å². The van der Waals surface area contributed by atoms with Crippen molar-refractivity contribution in [3.05, 3.63) is 89.3 Å². The molecule has 142 valence electrons. The summed E-state index contributed by atoms with van der Waals surface area (Å²) in [6, 6.07) is 10.8. The summed E-state index contributed by atoms with van der Waals surface area (Å²) in [5.74, 6) is 0.554. The molecular formula is C22H19N7. The fourth-order valence-corrected chi connectivity index (χ4v) is 3.59. The van der Waals surface area contributed by atoms with Crippen molar-refractivity contribution in [3.63, 3.8) is 0 Å². The molecule has 0 atom stereocenters. The smallest absolute Gasteiger partial charge is 0.235 e. The third-order valence-electron chi connectivity index (χ3n) is 4.96. The van der Waals surface area contributed by atoms with E-state index in [9.17, 15) is 0 Å². The zero-order chi connectivity index (χ0) is 20.1. The molecule has 0 aromatic heterocycles. The number of hydrogen-bond donors (Lipinski definition) is 4. The normalized spacial score (nSPS) is 17.0. The van der Waals surface area contributed by atoms with Crippen molar-refractivity contribution in [1.82, 2.24) is 4.90 Å². The van der Waals surface area contributed by atoms with Gasteiger partial charge in [0.15, 0.2) is 0 Å². The minimum atomic E-state index is 0.554. The van der Waals surface area contributed by atoms with E-state index in [1.165, 1.54) is 0 Å². The van der Waals surface area contributed by atoms with Gasteiger partial charge in [-0.05, 0) is 60.7 Å². The van der Waals surface area contributed by atoms with Gasteiger partial charge < -0.3 is 22.9 Å². The van der Waals surface area contributed by atoms with Gasteiger partial charge in [0.2, 0.25) is 5.96 Å². The van der Waals surface area contributed by atoms with E-state index in [1.54, 1.807) is 12.1 Å². The first-order chi connectivity index (χ1) is 14.0. The Hall–Kier alpha value is -4.26. The predicted octanol–water partition coefficient (Wildman–Crippen LogP) is 2.87. The number of anilines is 4. The fourth-order valence-electron chi connectivity index (χ4n) is 3.59. The number of aliphatic imine (C=N–C) groups is 2. The average molecular weight is 381 g/mol. The molecule has 7 heteroatoms. The molecule has 5 rings (SSSR count). The maximum atomic E-state index is 6.19. The molecule has 0 aliphatic carbocycles. The number of rotatable bonds is 2. The maximum absolute atomic E-state index is 6.19. The Morgan fingerprint density at radius 3 is 2.10 bits per heavy atom. The topological polar surface area (TPSA) is 132 Å². The summed E-state index contributed by atoms with van der Waals surface area (Å²) in [5.41, 5.74) is 31.4. The van der Waals surface area contributed by atoms with Crippen molar-refractivity contribution < 1.29 is 0 Å². The van der Waals surface area contributed by atoms with Crippen LogP contribution in [0, 0.1) is 0 Å². The Morgan fingerprint density at radius 1 is 0.724 bits per heavy atom. The highest BCUT2D eigenvalue weighted by Gasteiger charge is 2.29. The van der Waals surface area contributed by atoms with E-state index in [1.807, 2.05) is 59.5 Å². The third-order valence-corrected chi connectivity index (χ3v) is 4.96. The minimum Gasteiger partial charge on any atom is -0.399 e. The minimum absolute atomic E-state index is 0.554. The molecule has 7 nitrogen and oxygen atoms in total. The average Bonchev–Trinajstić information content (AvgIpc) is 2.68. The Labute approximate surface area is 167 Å². The second kappa shape index (κ2) is 6.13. The summed E-state index contributed by atoms with van der Waals surface area (Å²) in [4.78, 5) is 11.6. The van der Waals surface area contributed by atoms with Crippen LogP contribution in [0.25, 0.3) is 5.70 Å². The summed E-state index contributed by atoms with van der Waals surface area (Å²) >= 11 is 0. The highest BCUT2D eigenvalue weighted by Crippen LogP contribution is 2.35. The maximum Gasteiger partial charge on any atom is 0.235 e. The van der Waals surface area contributed by atoms with Gasteiger partial charge in [-0.1, -0.05) is 6.08 Å². The molecule has 0 spiro atoms. The Bertz CT molecular complexity index is 1190. The number of guanidine groups is 1. The van der Waals surface area contributed by atoms with Crippen molar-refractivity contribution in [2.75, 3.05) is 22.9 Å². The van der Waals surface area contributed by atoms with E-state index in [4.69, 9.17) is 32.9 Å². The number of allylic oxidation sites excluding steroid dienone is 5. The van der Waals surface area contributed by atoms with Crippen LogP contribution in [0.15, 0.2) is 88.2 Å². The molecule has 0 bridgehead atoms. The molecule has 3 heterocycles. The molecule has 0 saturated heterocycles. The second-order valence-electron chi connectivity index (χ2n) is 6.99. The van der Waals surface area contributed by atoms with Crippen LogP contribution in [-0.4, -0.2) is 16.6 Å². The largest absolute Gasteiger partial charge is 0.399 e. The summed E-state index contributed by atoms with van der Waals surface area (Å²) < 4.78 is 0. The van der Waals surface area contributed by atoms with Gasteiger partial charge in [-0.2, -0.15) is 0 Å². The van der Waals surface area contributed by atoms with E-state index < -0.39 is 0 Å². The Balaban J connectivity index is 1.66. The molecule has 3 aliphatic heterocycles. The van der Waals surface area contributed by atoms with Crippen LogP contribution < -0.4 is 22.9 Å². The quantitative estimate of drug-likeness (QED) is 0.594. The van der Waals surface area contributed by atoms with Gasteiger partial charge in [-0.25, -0.2) is 9.98 Å². The van der Waals surface area contributed by atoms with Crippen LogP contribution in [0.3, 0.4) is 0 Å². The zero-order valence-electron chi connectivity index (χ0n) is 15.5. The summed E-state index contributed by atoms with van der Waals surface area (Å²) in [5, 5.41) is 0. The standard InChI is InChI=1S/C22H19N7/c23-12-4-6-16(18(25)8-12)20-10-14-2-1-3-15-11-21(28-22(27-20)29(14)15)17-7-5-13(24)9-19(17)26/h1-11H,23-26H2. The summed E-state index contributed by atoms with van der Waals surface area (Å²) in [6.45, 7) is 0. The second-order valence-corrected chi connectivity index (χ2v) is 6.99. The van der Waals surface area contributed by atoms with Crippen molar-refractivity contribution in [2.24, 2.45) is 9.98 Å². The van der Waals surface area contributed by atoms with Crippen LogP contribution in [0.4, 0.5) is 22.7 Å². The van der Waals surface area contributed by atoms with Crippen molar-refractivity contribution in [2.45, 2.75) is 0 Å². The number of benzene rings is 2. The van der Waals surface area contributed by atoms with E-state index in [0.29, 0.717) is 28.7 Å². The van der Waals surface area contributed by atoms with E-state index in [0.717, 1.165) is 33.9 Å². The zero-order valence-corrected chi connectivity index (χ0v) is 15.5. The first-order valence-electron chi connectivity index (χ1n) is 9.09. The Kier molecular flexibility index (Phi) is 3.57. The molecule has 0 radical (unpaired) electrons. The first-order valence-corrected chi connectivity index (χ1v) is 9.09. The van der Waals surface area contributed by atoms with Crippen LogP contribution >= 0.6 is 0 Å². The first kappa shape index (κ1) is 16.9. The van der Waals surface area contributed by atoms with E-state index in [-0.39, 0.29) is 0 Å². The SMILES string of the molecule is Nc1ccc(C2=CC3=CC=CC4=CC(c5ccc(N)cc5N)=NC(=N2)N34)c(N)c1. The van der Waals surface area contributed by atoms with Gasteiger partial charge in [0, 0.05) is 33.9 Å². The van der Waals surface area contributed by atoms with E-state index >= 15 is 0 Å². The lowest BCUT2D eigenvalue weighted by atomic mass is 10.0. The van der Waals surface area contributed by atoms with Crippen LogP contribution in [0.5, 0.6) is 0 Å². The molecule has 2 aromatic rings. The Morgan fingerprint density at radius 2 is 1.41 bits per heavy atom. The number of nitrogen functional groups attached to an aromatic ring is 4. The number of nitrogens with zero attached hydrogens (tertiary/aromatic N) is 3. The number of hydrogen-bond acceptors (Lipinski definition) is 7. The lowest BCUT2D eigenvalue weighted by Gasteiger charge is -2.34. The third kappa shape index (κ3) is 2.76. The molecule has 0 unspecified atom stereocenters. The molecule has 0 saturated carbocycles. The van der Waals surface area contributed by atoms with Crippen LogP contribution in [-0.2, 0) is 0 Å². The van der Waals surface area contributed by atoms with Gasteiger partial charge in [0.25, 0.3) is 0 Å². The molecule has 8 N–H and O–H groups in total. The predicted molar refractivity (Wildman–Crippen MR) is 120 cm³/mol. The molecule has 29 heavy (non-hydrogen) atoms. The molecular weight excluding hydrogens is 362 g/mol. The van der Waals surface area contributed by atoms with Crippen LogP contribution in [0.2, 0.25) is 0 Å². The molecule has 0 amide bonds. The van der Waals surface area contributed by atoms with Crippen molar-refractivity contribution in [3.8, 4) is 0 Å². The van der Waals surface area contributed by atoms with Gasteiger partial charge in [-0.15, -0.1) is 0 Å². The summed E-state index contributed by atoms with van der Waals surface area (Å²) in [6.07, 6.45) is 9.99. The lowest BCUT2D eigenvalue weighted by Crippen LogP contribution is -2.34. The molecule has 3 aliphatic rings. The van der Waals surface area contributed by atoms with Crippen molar-refractivity contribution in [1.29, 1.82) is 0 Å². The summed E-state index contributed by atoms with van der Waals surface area (Å²) in [7, 11) is 0. The number of nitrogens with two attached hydrogens (primary N) is 4. The van der Waals surface area contributed by atoms with Crippen molar-refractivity contribution >= 4 is 40.1 Å². The lowest BCUT2D eigenvalue weighted by molar-refractivity contribution is 0.648. The van der Waals surface area contributed by atoms with Gasteiger partial charge >= 0.3 is 0 Å². The molecule has 2 aromatic carbocycles. The van der Waals surface area contributed by atoms with Gasteiger partial charge in [-0.3, -0.25) is 4.90 Å². The fraction of sp³-hybridized carbons (Fsp3) is 0. The van der Waals surface area contributed by atoms with Gasteiger partial charge in [0.1, 0.15) is 0 Å². The highest BCUT2D eigenvalue weighted by molar-refractivity contribution is 6.19. The van der Waals surface area contributed by atoms with Crippen LogP contribution in [0.1, 0.15) is 11.1 Å². The monoisotopic (exact) mass is 381 g/mol. The highest BCUT2D eigenvalue weighted by atomic mass is 15.3. The molecule has 0 fully saturated rings.